The van der Waals surface area contributed by atoms with Crippen LogP contribution >= 0.6 is 0 Å². The van der Waals surface area contributed by atoms with E-state index >= 15 is 0 Å². The summed E-state index contributed by atoms with van der Waals surface area (Å²) in [5, 5.41) is 11.5. The predicted octanol–water partition coefficient (Wildman–Crippen LogP) is -1.87. The number of carbonyl (C=O) groups is 2. The van der Waals surface area contributed by atoms with Gasteiger partial charge in [-0.05, 0) is 20.3 Å². The number of carbonyl (C=O) groups excluding carboxylic acids is 1. The Morgan fingerprint density at radius 1 is 0.880 bits per heavy atom. The van der Waals surface area contributed by atoms with E-state index in [4.69, 9.17) is 9.84 Å². The molecule has 0 aromatic rings. The van der Waals surface area contributed by atoms with Crippen molar-refractivity contribution in [3.8, 4) is 0 Å². The number of rotatable bonds is 15. The second-order valence-electron chi connectivity index (χ2n) is 6.30. The van der Waals surface area contributed by atoms with Gasteiger partial charge in [0.25, 0.3) is 0 Å². The van der Waals surface area contributed by atoms with E-state index in [1.165, 1.54) is 58.3 Å². The summed E-state index contributed by atoms with van der Waals surface area (Å²) in [6.07, 6.45) is 12.4. The molecule has 2 unspecified atom stereocenters. The fourth-order valence-corrected chi connectivity index (χ4v) is 2.40. The van der Waals surface area contributed by atoms with Crippen molar-refractivity contribution in [2.75, 3.05) is 6.61 Å². The fourth-order valence-electron chi connectivity index (χ4n) is 2.40. The second kappa shape index (κ2) is 21.2. The Hall–Kier alpha value is 0.900. The average Bonchev–Trinajstić information content (AvgIpc) is 2.52. The molecule has 0 spiro atoms. The Morgan fingerprint density at radius 3 is 1.76 bits per heavy atom. The van der Waals surface area contributed by atoms with E-state index < -0.39 is 18.1 Å². The van der Waals surface area contributed by atoms with Crippen LogP contribution in [0.25, 0.3) is 0 Å². The van der Waals surface area contributed by atoms with E-state index in [-0.39, 0.29) is 67.9 Å². The zero-order chi connectivity index (χ0) is 17.5. The molecule has 140 valence electrons. The van der Waals surface area contributed by atoms with Crippen LogP contribution < -0.4 is 64.4 Å². The van der Waals surface area contributed by atoms with Crippen LogP contribution in [0.1, 0.15) is 87.8 Å². The first kappa shape index (κ1) is 30.6. The van der Waals surface area contributed by atoms with Gasteiger partial charge in [0.15, 0.2) is 0 Å². The summed E-state index contributed by atoms with van der Waals surface area (Å²) in [6, 6.07) is -1.35. The van der Waals surface area contributed by atoms with Crippen molar-refractivity contribution in [3.05, 3.63) is 0 Å². The van der Waals surface area contributed by atoms with Crippen LogP contribution in [0.5, 0.6) is 0 Å². The van der Waals surface area contributed by atoms with Gasteiger partial charge >= 0.3 is 71.1 Å². The summed E-state index contributed by atoms with van der Waals surface area (Å²) in [7, 11) is 0. The molecule has 7 heteroatoms. The minimum absolute atomic E-state index is 0. The van der Waals surface area contributed by atoms with Gasteiger partial charge in [-0.1, -0.05) is 64.7 Å². The molecular formula is C18H37NNa2O4. The Bertz CT molecular complexity index is 340. The average molecular weight is 377 g/mol. The molecule has 0 aliphatic heterocycles. The van der Waals surface area contributed by atoms with Gasteiger partial charge < -0.3 is 12.7 Å². The SMILES string of the molecule is CCCCCCCCCCCCOC(=O)C(C)NC(C)C(=O)O.[H-].[H-].[Na+].[Na+]. The van der Waals surface area contributed by atoms with Crippen molar-refractivity contribution in [3.63, 3.8) is 0 Å². The summed E-state index contributed by atoms with van der Waals surface area (Å²) in [5.41, 5.74) is 0. The minimum atomic E-state index is -0.973. The monoisotopic (exact) mass is 377 g/mol. The maximum absolute atomic E-state index is 11.7. The normalized spacial score (nSPS) is 12.4. The first-order valence-corrected chi connectivity index (χ1v) is 9.14. The van der Waals surface area contributed by atoms with Crippen molar-refractivity contribution in [2.45, 2.75) is 97.1 Å². The third-order valence-electron chi connectivity index (χ3n) is 3.97. The van der Waals surface area contributed by atoms with Gasteiger partial charge in [-0.2, -0.15) is 0 Å². The molecular weight excluding hydrogens is 340 g/mol. The first-order chi connectivity index (χ1) is 11.0. The van der Waals surface area contributed by atoms with Gasteiger partial charge in [-0.15, -0.1) is 0 Å². The summed E-state index contributed by atoms with van der Waals surface area (Å²) in [5.74, 6) is -1.35. The smallest absolute Gasteiger partial charge is 1.00 e. The van der Waals surface area contributed by atoms with Gasteiger partial charge in [0.2, 0.25) is 0 Å². The molecule has 0 bridgehead atoms. The van der Waals surface area contributed by atoms with E-state index in [0.717, 1.165) is 12.8 Å². The molecule has 25 heavy (non-hydrogen) atoms. The van der Waals surface area contributed by atoms with Crippen molar-refractivity contribution in [2.24, 2.45) is 0 Å². The Kier molecular flexibility index (Phi) is 26.0. The maximum Gasteiger partial charge on any atom is 1.00 e. The first-order valence-electron chi connectivity index (χ1n) is 9.14. The standard InChI is InChI=1S/C18H35NO4.2Na.2H/c1-4-5-6-7-8-9-10-11-12-13-14-23-18(22)16(3)19-15(2)17(20)21;;;;/h15-16,19H,4-14H2,1-3H3,(H,20,21);;;;/q;2*+1;2*-1. The molecule has 0 fully saturated rings. The van der Waals surface area contributed by atoms with E-state index in [1.54, 1.807) is 6.92 Å². The second-order valence-corrected chi connectivity index (χ2v) is 6.30. The molecule has 0 saturated carbocycles. The number of esters is 1. The van der Waals surface area contributed by atoms with Crippen molar-refractivity contribution >= 4 is 11.9 Å². The van der Waals surface area contributed by atoms with E-state index in [2.05, 4.69) is 12.2 Å². The predicted molar refractivity (Wildman–Crippen MR) is 94.7 cm³/mol. The zero-order valence-corrected chi connectivity index (χ0v) is 21.1. The Morgan fingerprint density at radius 2 is 1.32 bits per heavy atom. The molecule has 0 aliphatic rings. The number of ether oxygens (including phenoxy) is 1. The topological polar surface area (TPSA) is 75.6 Å². The molecule has 2 N–H and O–H groups in total. The van der Waals surface area contributed by atoms with Crippen molar-refractivity contribution < 1.29 is 81.4 Å². The molecule has 0 saturated heterocycles. The van der Waals surface area contributed by atoms with Crippen LogP contribution in [0.15, 0.2) is 0 Å². The molecule has 0 aromatic heterocycles. The van der Waals surface area contributed by atoms with Crippen LogP contribution in [-0.4, -0.2) is 35.7 Å². The largest absolute Gasteiger partial charge is 1.00 e. The van der Waals surface area contributed by atoms with Gasteiger partial charge in [0.05, 0.1) is 6.61 Å². The van der Waals surface area contributed by atoms with Gasteiger partial charge in [0.1, 0.15) is 12.1 Å². The van der Waals surface area contributed by atoms with Gasteiger partial charge in [0, 0.05) is 0 Å². The number of aliphatic carboxylic acids is 1. The Balaban J connectivity index is -0.000000403. The summed E-state index contributed by atoms with van der Waals surface area (Å²) in [4.78, 5) is 22.4. The number of carboxylic acid groups (broad SMARTS) is 1. The van der Waals surface area contributed by atoms with Gasteiger partial charge in [-0.3, -0.25) is 14.9 Å². The van der Waals surface area contributed by atoms with Crippen molar-refractivity contribution in [1.82, 2.24) is 5.32 Å². The summed E-state index contributed by atoms with van der Waals surface area (Å²) >= 11 is 0. The molecule has 0 rings (SSSR count). The molecule has 5 nitrogen and oxygen atoms in total. The van der Waals surface area contributed by atoms with Crippen LogP contribution in [0, 0.1) is 0 Å². The summed E-state index contributed by atoms with van der Waals surface area (Å²) in [6.45, 7) is 5.79. The third kappa shape index (κ3) is 19.5. The maximum atomic E-state index is 11.7. The van der Waals surface area contributed by atoms with E-state index in [9.17, 15) is 9.59 Å². The number of hydrogen-bond donors (Lipinski definition) is 2. The van der Waals surface area contributed by atoms with Gasteiger partial charge in [-0.25, -0.2) is 0 Å². The number of carboxylic acids is 1. The molecule has 0 radical (unpaired) electrons. The molecule has 0 aliphatic carbocycles. The zero-order valence-electron chi connectivity index (χ0n) is 19.1. The van der Waals surface area contributed by atoms with Crippen molar-refractivity contribution in [1.29, 1.82) is 0 Å². The molecule has 2 atom stereocenters. The van der Waals surface area contributed by atoms with E-state index in [1.807, 2.05) is 0 Å². The van der Waals surface area contributed by atoms with E-state index in [0.29, 0.717) is 6.61 Å². The number of unbranched alkanes of at least 4 members (excludes halogenated alkanes) is 9. The fraction of sp³-hybridized carbons (Fsp3) is 0.889. The van der Waals surface area contributed by atoms with Crippen LogP contribution in [0.2, 0.25) is 0 Å². The summed E-state index contributed by atoms with van der Waals surface area (Å²) < 4.78 is 5.16. The molecule has 0 heterocycles. The molecule has 0 amide bonds. The number of nitrogens with one attached hydrogen (secondary N) is 1. The third-order valence-corrected chi connectivity index (χ3v) is 3.97. The van der Waals surface area contributed by atoms with Crippen LogP contribution in [-0.2, 0) is 14.3 Å². The van der Waals surface area contributed by atoms with Crippen LogP contribution in [0.4, 0.5) is 0 Å². The Labute approximate surface area is 201 Å². The number of hydrogen-bond acceptors (Lipinski definition) is 4. The quantitative estimate of drug-likeness (QED) is 0.199. The molecule has 0 aromatic carbocycles. The minimum Gasteiger partial charge on any atom is -1.00 e. The van der Waals surface area contributed by atoms with Crippen LogP contribution in [0.3, 0.4) is 0 Å².